The van der Waals surface area contributed by atoms with Crippen molar-refractivity contribution in [2.45, 2.75) is 20.0 Å². The molecular weight excluding hydrogens is 214 g/mol. The second-order valence-electron chi connectivity index (χ2n) is 3.76. The SMILES string of the molecule is CCOc1cccc(CNCc2ccco2)c1. The van der Waals surface area contributed by atoms with E-state index in [4.69, 9.17) is 9.15 Å². The van der Waals surface area contributed by atoms with E-state index in [9.17, 15) is 0 Å². The molecule has 3 heteroatoms. The summed E-state index contributed by atoms with van der Waals surface area (Å²) in [4.78, 5) is 0. The Morgan fingerprint density at radius 2 is 2.12 bits per heavy atom. The summed E-state index contributed by atoms with van der Waals surface area (Å²) in [6, 6.07) is 12.0. The van der Waals surface area contributed by atoms with Gasteiger partial charge >= 0.3 is 0 Å². The maximum absolute atomic E-state index is 5.45. The summed E-state index contributed by atoms with van der Waals surface area (Å²) in [5.41, 5.74) is 1.21. The lowest BCUT2D eigenvalue weighted by Crippen LogP contribution is -2.12. The summed E-state index contributed by atoms with van der Waals surface area (Å²) < 4.78 is 10.7. The van der Waals surface area contributed by atoms with Gasteiger partial charge in [0, 0.05) is 6.54 Å². The summed E-state index contributed by atoms with van der Waals surface area (Å²) in [7, 11) is 0. The Balaban J connectivity index is 1.84. The zero-order valence-corrected chi connectivity index (χ0v) is 9.98. The first-order valence-electron chi connectivity index (χ1n) is 5.83. The van der Waals surface area contributed by atoms with E-state index in [-0.39, 0.29) is 0 Å². The molecule has 0 aliphatic rings. The molecule has 2 aromatic rings. The quantitative estimate of drug-likeness (QED) is 0.830. The van der Waals surface area contributed by atoms with Crippen molar-refractivity contribution in [3.05, 3.63) is 54.0 Å². The van der Waals surface area contributed by atoms with Gasteiger partial charge in [-0.25, -0.2) is 0 Å². The first kappa shape index (κ1) is 11.7. The van der Waals surface area contributed by atoms with Crippen LogP contribution in [0.1, 0.15) is 18.2 Å². The van der Waals surface area contributed by atoms with Crippen molar-refractivity contribution in [1.29, 1.82) is 0 Å². The van der Waals surface area contributed by atoms with Crippen LogP contribution in [0.5, 0.6) is 5.75 Å². The molecule has 2 rings (SSSR count). The van der Waals surface area contributed by atoms with Gasteiger partial charge in [-0.1, -0.05) is 12.1 Å². The molecule has 0 bridgehead atoms. The first-order valence-corrected chi connectivity index (χ1v) is 5.83. The first-order chi connectivity index (χ1) is 8.38. The Hall–Kier alpha value is -1.74. The second-order valence-corrected chi connectivity index (χ2v) is 3.76. The van der Waals surface area contributed by atoms with Crippen molar-refractivity contribution >= 4 is 0 Å². The fourth-order valence-corrected chi connectivity index (χ4v) is 1.66. The third kappa shape index (κ3) is 3.64. The van der Waals surface area contributed by atoms with Gasteiger partial charge in [-0.3, -0.25) is 0 Å². The van der Waals surface area contributed by atoms with Crippen LogP contribution in [0.15, 0.2) is 47.1 Å². The molecule has 0 spiro atoms. The smallest absolute Gasteiger partial charge is 0.119 e. The van der Waals surface area contributed by atoms with Crippen LogP contribution in [0.25, 0.3) is 0 Å². The number of hydrogen-bond donors (Lipinski definition) is 1. The minimum atomic E-state index is 0.698. The molecule has 1 aromatic carbocycles. The average molecular weight is 231 g/mol. The monoisotopic (exact) mass is 231 g/mol. The highest BCUT2D eigenvalue weighted by Gasteiger charge is 1.98. The lowest BCUT2D eigenvalue weighted by molar-refractivity contribution is 0.340. The summed E-state index contributed by atoms with van der Waals surface area (Å²) in [6.45, 7) is 4.23. The largest absolute Gasteiger partial charge is 0.494 e. The van der Waals surface area contributed by atoms with Crippen molar-refractivity contribution in [1.82, 2.24) is 5.32 Å². The predicted octanol–water partition coefficient (Wildman–Crippen LogP) is 2.97. The molecule has 90 valence electrons. The van der Waals surface area contributed by atoms with Crippen LogP contribution in [0.4, 0.5) is 0 Å². The molecule has 0 saturated carbocycles. The summed E-state index contributed by atoms with van der Waals surface area (Å²) >= 11 is 0. The Morgan fingerprint density at radius 3 is 2.88 bits per heavy atom. The number of furan rings is 1. The van der Waals surface area contributed by atoms with Crippen LogP contribution in [0.2, 0.25) is 0 Å². The predicted molar refractivity (Wildman–Crippen MR) is 66.9 cm³/mol. The molecule has 1 heterocycles. The molecule has 1 N–H and O–H groups in total. The van der Waals surface area contributed by atoms with Gasteiger partial charge in [0.2, 0.25) is 0 Å². The van der Waals surface area contributed by atoms with Gasteiger partial charge in [0.25, 0.3) is 0 Å². The van der Waals surface area contributed by atoms with Crippen molar-refractivity contribution in [2.75, 3.05) is 6.61 Å². The second kappa shape index (κ2) is 6.11. The van der Waals surface area contributed by atoms with E-state index in [1.54, 1.807) is 6.26 Å². The molecule has 0 saturated heterocycles. The van der Waals surface area contributed by atoms with Crippen LogP contribution in [-0.2, 0) is 13.1 Å². The maximum Gasteiger partial charge on any atom is 0.119 e. The standard InChI is InChI=1S/C14H17NO2/c1-2-16-13-6-3-5-12(9-13)10-15-11-14-7-4-8-17-14/h3-9,15H,2,10-11H2,1H3. The van der Waals surface area contributed by atoms with E-state index in [1.165, 1.54) is 5.56 Å². The molecule has 17 heavy (non-hydrogen) atoms. The minimum absolute atomic E-state index is 0.698. The summed E-state index contributed by atoms with van der Waals surface area (Å²) in [5, 5.41) is 3.32. The Bertz CT molecular complexity index is 437. The molecule has 0 aliphatic carbocycles. The highest BCUT2D eigenvalue weighted by molar-refractivity contribution is 5.28. The highest BCUT2D eigenvalue weighted by Crippen LogP contribution is 2.13. The van der Waals surface area contributed by atoms with E-state index in [0.29, 0.717) is 6.61 Å². The molecule has 1 aromatic heterocycles. The third-order valence-corrected chi connectivity index (χ3v) is 2.42. The van der Waals surface area contributed by atoms with Crippen LogP contribution >= 0.6 is 0 Å². The van der Waals surface area contributed by atoms with Gasteiger partial charge in [0.1, 0.15) is 11.5 Å². The van der Waals surface area contributed by atoms with Crippen LogP contribution in [-0.4, -0.2) is 6.61 Å². The van der Waals surface area contributed by atoms with Gasteiger partial charge in [-0.15, -0.1) is 0 Å². The zero-order chi connectivity index (χ0) is 11.9. The molecule has 0 fully saturated rings. The van der Waals surface area contributed by atoms with Gasteiger partial charge < -0.3 is 14.5 Å². The zero-order valence-electron chi connectivity index (χ0n) is 9.98. The van der Waals surface area contributed by atoms with Crippen molar-refractivity contribution in [2.24, 2.45) is 0 Å². The molecular formula is C14H17NO2. The van der Waals surface area contributed by atoms with Crippen LogP contribution in [0.3, 0.4) is 0 Å². The number of hydrogen-bond acceptors (Lipinski definition) is 3. The molecule has 3 nitrogen and oxygen atoms in total. The summed E-state index contributed by atoms with van der Waals surface area (Å²) in [5.74, 6) is 1.87. The van der Waals surface area contributed by atoms with E-state index in [1.807, 2.05) is 31.2 Å². The van der Waals surface area contributed by atoms with E-state index in [2.05, 4.69) is 17.4 Å². The topological polar surface area (TPSA) is 34.4 Å². The lowest BCUT2D eigenvalue weighted by atomic mass is 10.2. The highest BCUT2D eigenvalue weighted by atomic mass is 16.5. The average Bonchev–Trinajstić information content (AvgIpc) is 2.83. The minimum Gasteiger partial charge on any atom is -0.494 e. The van der Waals surface area contributed by atoms with Gasteiger partial charge in [-0.05, 0) is 36.8 Å². The maximum atomic E-state index is 5.45. The van der Waals surface area contributed by atoms with Crippen molar-refractivity contribution < 1.29 is 9.15 Å². The molecule has 0 amide bonds. The fourth-order valence-electron chi connectivity index (χ4n) is 1.66. The number of ether oxygens (including phenoxy) is 1. The van der Waals surface area contributed by atoms with Crippen molar-refractivity contribution in [3.63, 3.8) is 0 Å². The van der Waals surface area contributed by atoms with E-state index < -0.39 is 0 Å². The Kier molecular flexibility index (Phi) is 4.22. The van der Waals surface area contributed by atoms with Gasteiger partial charge in [-0.2, -0.15) is 0 Å². The summed E-state index contributed by atoms with van der Waals surface area (Å²) in [6.07, 6.45) is 1.69. The van der Waals surface area contributed by atoms with E-state index in [0.717, 1.165) is 24.6 Å². The normalized spacial score (nSPS) is 10.4. The number of rotatable bonds is 6. The van der Waals surface area contributed by atoms with Crippen molar-refractivity contribution in [3.8, 4) is 5.75 Å². The number of benzene rings is 1. The number of nitrogens with one attached hydrogen (secondary N) is 1. The fraction of sp³-hybridized carbons (Fsp3) is 0.286. The molecule has 0 unspecified atom stereocenters. The van der Waals surface area contributed by atoms with Crippen LogP contribution in [0, 0.1) is 0 Å². The van der Waals surface area contributed by atoms with Gasteiger partial charge in [0.15, 0.2) is 0 Å². The Labute approximate surface area is 101 Å². The third-order valence-electron chi connectivity index (χ3n) is 2.42. The molecule has 0 aliphatic heterocycles. The molecule has 0 atom stereocenters. The van der Waals surface area contributed by atoms with Gasteiger partial charge in [0.05, 0.1) is 19.4 Å². The van der Waals surface area contributed by atoms with Crippen LogP contribution < -0.4 is 10.1 Å². The lowest BCUT2D eigenvalue weighted by Gasteiger charge is -2.06. The van der Waals surface area contributed by atoms with E-state index >= 15 is 0 Å². The molecule has 0 radical (unpaired) electrons. The Morgan fingerprint density at radius 1 is 1.18 bits per heavy atom.